The van der Waals surface area contributed by atoms with Crippen LogP contribution in [0.3, 0.4) is 0 Å². The number of aliphatic hydroxyl groups excluding tert-OH is 1. The van der Waals surface area contributed by atoms with Crippen LogP contribution in [0.4, 0.5) is 0 Å². The van der Waals surface area contributed by atoms with Crippen molar-refractivity contribution in [3.8, 4) is 11.5 Å². The van der Waals surface area contributed by atoms with E-state index >= 15 is 0 Å². The summed E-state index contributed by atoms with van der Waals surface area (Å²) in [6.07, 6.45) is 2.36. The second kappa shape index (κ2) is 9.02. The largest absolute Gasteiger partial charge is 0.508 e. The number of nitrogens with zero attached hydrogens (tertiary/aromatic N) is 1. The molecule has 1 saturated heterocycles. The molecule has 1 aromatic heterocycles. The maximum Gasteiger partial charge on any atom is 0.295 e. The number of phenolic OH excluding ortho intramolecular Hbond substituents is 1. The number of phenols is 1. The van der Waals surface area contributed by atoms with Gasteiger partial charge in [-0.25, -0.2) is 0 Å². The van der Waals surface area contributed by atoms with Crippen molar-refractivity contribution in [2.45, 2.75) is 12.5 Å². The number of methoxy groups -OCH3 is 1. The number of H-pyrrole nitrogens is 1. The molecular formula is C28H24N2O5. The fraction of sp³-hybridized carbons (Fsp3) is 0.143. The van der Waals surface area contributed by atoms with Gasteiger partial charge >= 0.3 is 0 Å². The lowest BCUT2D eigenvalue weighted by Crippen LogP contribution is -2.31. The van der Waals surface area contributed by atoms with E-state index in [1.807, 2.05) is 24.4 Å². The molecule has 0 saturated carbocycles. The molecule has 1 aliphatic rings. The molecule has 2 heterocycles. The molecule has 7 heteroatoms. The van der Waals surface area contributed by atoms with Crippen LogP contribution in [0.1, 0.15) is 22.7 Å². The molecule has 0 aliphatic carbocycles. The van der Waals surface area contributed by atoms with Crippen LogP contribution in [0.25, 0.3) is 16.7 Å². The highest BCUT2D eigenvalue weighted by Crippen LogP contribution is 2.40. The van der Waals surface area contributed by atoms with Gasteiger partial charge in [-0.2, -0.15) is 0 Å². The van der Waals surface area contributed by atoms with Gasteiger partial charge in [0.2, 0.25) is 0 Å². The minimum atomic E-state index is -0.831. The number of ketones is 1. The molecular weight excluding hydrogens is 444 g/mol. The van der Waals surface area contributed by atoms with Crippen LogP contribution in [0.15, 0.2) is 84.6 Å². The second-order valence-electron chi connectivity index (χ2n) is 8.43. The SMILES string of the molecule is COc1ccc2[nH]cc(CCN3C(=O)C(=O)C(=C(O)c4ccccc4)[C@H]3c3cccc(O)c3)c2c1. The first-order valence-corrected chi connectivity index (χ1v) is 11.2. The van der Waals surface area contributed by atoms with Crippen LogP contribution in [0.5, 0.6) is 11.5 Å². The van der Waals surface area contributed by atoms with Crippen LogP contribution in [0.2, 0.25) is 0 Å². The Morgan fingerprint density at radius 2 is 1.83 bits per heavy atom. The third-order valence-electron chi connectivity index (χ3n) is 6.37. The number of ether oxygens (including phenoxy) is 1. The first-order valence-electron chi connectivity index (χ1n) is 11.2. The summed E-state index contributed by atoms with van der Waals surface area (Å²) in [5, 5.41) is 22.1. The molecule has 1 aliphatic heterocycles. The van der Waals surface area contributed by atoms with E-state index in [1.54, 1.807) is 49.6 Å². The monoisotopic (exact) mass is 468 g/mol. The molecule has 1 fully saturated rings. The lowest BCUT2D eigenvalue weighted by atomic mass is 9.95. The van der Waals surface area contributed by atoms with Gasteiger partial charge in [-0.1, -0.05) is 42.5 Å². The average molecular weight is 469 g/mol. The first-order chi connectivity index (χ1) is 17.0. The predicted molar refractivity (Wildman–Crippen MR) is 132 cm³/mol. The van der Waals surface area contributed by atoms with E-state index < -0.39 is 17.7 Å². The van der Waals surface area contributed by atoms with Crippen LogP contribution in [-0.2, 0) is 16.0 Å². The molecule has 0 unspecified atom stereocenters. The van der Waals surface area contributed by atoms with E-state index in [9.17, 15) is 19.8 Å². The Morgan fingerprint density at radius 3 is 2.57 bits per heavy atom. The van der Waals surface area contributed by atoms with Crippen molar-refractivity contribution in [1.29, 1.82) is 0 Å². The molecule has 1 amide bonds. The normalized spacial score (nSPS) is 17.3. The van der Waals surface area contributed by atoms with Crippen molar-refractivity contribution in [2.75, 3.05) is 13.7 Å². The van der Waals surface area contributed by atoms with E-state index in [1.165, 1.54) is 17.0 Å². The first kappa shape index (κ1) is 22.3. The Bertz CT molecular complexity index is 1450. The van der Waals surface area contributed by atoms with Gasteiger partial charge in [0.05, 0.1) is 18.7 Å². The number of nitrogens with one attached hydrogen (secondary N) is 1. The zero-order valence-electron chi connectivity index (χ0n) is 19.1. The molecule has 3 aromatic carbocycles. The van der Waals surface area contributed by atoms with Crippen molar-refractivity contribution in [3.05, 3.63) is 101 Å². The van der Waals surface area contributed by atoms with Gasteiger partial charge < -0.3 is 24.8 Å². The number of carbonyl (C=O) groups is 2. The minimum Gasteiger partial charge on any atom is -0.508 e. The van der Waals surface area contributed by atoms with E-state index in [2.05, 4.69) is 4.98 Å². The molecule has 5 rings (SSSR count). The van der Waals surface area contributed by atoms with Gasteiger partial charge in [0, 0.05) is 29.2 Å². The molecule has 7 nitrogen and oxygen atoms in total. The van der Waals surface area contributed by atoms with Gasteiger partial charge in [-0.15, -0.1) is 0 Å². The second-order valence-corrected chi connectivity index (χ2v) is 8.43. The van der Waals surface area contributed by atoms with Gasteiger partial charge in [-0.05, 0) is 47.9 Å². The molecule has 0 bridgehead atoms. The number of aromatic amines is 1. The van der Waals surface area contributed by atoms with E-state index in [0.717, 1.165) is 22.2 Å². The van der Waals surface area contributed by atoms with Crippen molar-refractivity contribution < 1.29 is 24.5 Å². The van der Waals surface area contributed by atoms with Crippen LogP contribution >= 0.6 is 0 Å². The Kier molecular flexibility index (Phi) is 5.74. The van der Waals surface area contributed by atoms with Crippen molar-refractivity contribution in [1.82, 2.24) is 9.88 Å². The van der Waals surface area contributed by atoms with Gasteiger partial charge in [0.25, 0.3) is 11.7 Å². The van der Waals surface area contributed by atoms with E-state index in [0.29, 0.717) is 17.5 Å². The number of hydrogen-bond acceptors (Lipinski definition) is 5. The summed E-state index contributed by atoms with van der Waals surface area (Å²) in [5.41, 5.74) is 2.91. The van der Waals surface area contributed by atoms with E-state index in [-0.39, 0.29) is 23.6 Å². The number of benzene rings is 3. The fourth-order valence-electron chi connectivity index (χ4n) is 4.64. The fourth-order valence-corrected chi connectivity index (χ4v) is 4.64. The highest BCUT2D eigenvalue weighted by Gasteiger charge is 2.46. The topological polar surface area (TPSA) is 103 Å². The number of aliphatic hydroxyl groups is 1. The van der Waals surface area contributed by atoms with Crippen molar-refractivity contribution in [2.24, 2.45) is 0 Å². The standard InChI is InChI=1S/C28H24N2O5/c1-35-21-10-11-23-22(15-21)19(16-29-23)12-13-30-25(18-8-5-9-20(31)14-18)24(27(33)28(30)34)26(32)17-6-3-2-4-7-17/h2-11,14-16,25,29,31-32H,12-13H2,1H3/t25-/m1/s1. The lowest BCUT2D eigenvalue weighted by Gasteiger charge is -2.25. The Morgan fingerprint density at radius 1 is 1.03 bits per heavy atom. The molecule has 4 aromatic rings. The summed E-state index contributed by atoms with van der Waals surface area (Å²) in [6, 6.07) is 20.0. The smallest absolute Gasteiger partial charge is 0.295 e. The number of amides is 1. The molecule has 0 radical (unpaired) electrons. The average Bonchev–Trinajstić information content (AvgIpc) is 3.40. The summed E-state index contributed by atoms with van der Waals surface area (Å²) in [7, 11) is 1.61. The number of hydrogen-bond donors (Lipinski definition) is 3. The number of aromatic nitrogens is 1. The Labute approximate surface area is 201 Å². The molecule has 0 spiro atoms. The molecule has 35 heavy (non-hydrogen) atoms. The maximum atomic E-state index is 13.2. The van der Waals surface area contributed by atoms with Gasteiger partial charge in [0.1, 0.15) is 17.3 Å². The minimum absolute atomic E-state index is 0.00685. The summed E-state index contributed by atoms with van der Waals surface area (Å²) in [4.78, 5) is 31.0. The number of fused-ring (bicyclic) bond motifs is 1. The van der Waals surface area contributed by atoms with Crippen molar-refractivity contribution in [3.63, 3.8) is 0 Å². The zero-order chi connectivity index (χ0) is 24.5. The highest BCUT2D eigenvalue weighted by molar-refractivity contribution is 6.46. The summed E-state index contributed by atoms with van der Waals surface area (Å²) in [6.45, 7) is 0.237. The lowest BCUT2D eigenvalue weighted by molar-refractivity contribution is -0.139. The number of carbonyl (C=O) groups excluding carboxylic acids is 2. The summed E-state index contributed by atoms with van der Waals surface area (Å²) < 4.78 is 5.34. The van der Waals surface area contributed by atoms with E-state index in [4.69, 9.17) is 4.74 Å². The third-order valence-corrected chi connectivity index (χ3v) is 6.37. The maximum absolute atomic E-state index is 13.2. The molecule has 1 atom stereocenters. The zero-order valence-corrected chi connectivity index (χ0v) is 19.1. The van der Waals surface area contributed by atoms with Gasteiger partial charge in [0.15, 0.2) is 0 Å². The number of likely N-dealkylation sites (tertiary alicyclic amines) is 1. The van der Waals surface area contributed by atoms with Crippen molar-refractivity contribution >= 4 is 28.4 Å². The number of rotatable bonds is 6. The van der Waals surface area contributed by atoms with Crippen LogP contribution in [0, 0.1) is 0 Å². The molecule has 176 valence electrons. The number of Topliss-reactive ketones (excluding diaryl/α,β-unsaturated/α-hetero) is 1. The number of aromatic hydroxyl groups is 1. The van der Waals surface area contributed by atoms with Crippen LogP contribution in [-0.4, -0.2) is 45.4 Å². The highest BCUT2D eigenvalue weighted by atomic mass is 16.5. The Hall–Kier alpha value is -4.52. The molecule has 3 N–H and O–H groups in total. The third kappa shape index (κ3) is 4.01. The quantitative estimate of drug-likeness (QED) is 0.219. The summed E-state index contributed by atoms with van der Waals surface area (Å²) >= 11 is 0. The summed E-state index contributed by atoms with van der Waals surface area (Å²) in [5.74, 6) is -0.942. The predicted octanol–water partition coefficient (Wildman–Crippen LogP) is 4.55. The van der Waals surface area contributed by atoms with Gasteiger partial charge in [-0.3, -0.25) is 9.59 Å². The van der Waals surface area contributed by atoms with Crippen LogP contribution < -0.4 is 4.74 Å². The Balaban J connectivity index is 1.55.